The summed E-state index contributed by atoms with van der Waals surface area (Å²) in [4.78, 5) is 20.2. The highest BCUT2D eigenvalue weighted by Crippen LogP contribution is 2.38. The van der Waals surface area contributed by atoms with Crippen LogP contribution >= 0.6 is 0 Å². The third-order valence-corrected chi connectivity index (χ3v) is 3.52. The largest absolute Gasteiger partial charge is 0.496 e. The Balaban J connectivity index is 1.93. The van der Waals surface area contributed by atoms with E-state index in [0.717, 1.165) is 5.56 Å². The molecule has 1 amide bonds. The highest BCUT2D eigenvalue weighted by atomic mass is 16.5. The molecule has 2 heterocycles. The molecule has 0 fully saturated rings. The number of benzene rings is 1. The average Bonchev–Trinajstić information content (AvgIpc) is 2.61. The van der Waals surface area contributed by atoms with Crippen LogP contribution < -0.4 is 20.5 Å². The first-order valence-electron chi connectivity index (χ1n) is 7.70. The molecule has 0 spiro atoms. The van der Waals surface area contributed by atoms with Crippen LogP contribution in [-0.2, 0) is 4.74 Å². The number of para-hydroxylation sites is 1. The predicted octanol–water partition coefficient (Wildman–Crippen LogP) is 2.75. The first kappa shape index (κ1) is 16.6. The van der Waals surface area contributed by atoms with Crippen LogP contribution in [0.4, 0.5) is 22.1 Å². The molecule has 8 heteroatoms. The number of hydrogen-bond donors (Lipinski definition) is 2. The maximum atomic E-state index is 11.5. The molecule has 1 aliphatic rings. The predicted molar refractivity (Wildman–Crippen MR) is 94.0 cm³/mol. The lowest BCUT2D eigenvalue weighted by atomic mass is 10.1. The van der Waals surface area contributed by atoms with Crippen LogP contribution in [0.15, 0.2) is 35.3 Å². The Bertz CT molecular complexity index is 835. The summed E-state index contributed by atoms with van der Waals surface area (Å²) < 4.78 is 15.9. The van der Waals surface area contributed by atoms with E-state index < -0.39 is 6.09 Å². The van der Waals surface area contributed by atoms with Crippen LogP contribution in [0, 0.1) is 0 Å². The lowest BCUT2D eigenvalue weighted by Gasteiger charge is -2.20. The fourth-order valence-corrected chi connectivity index (χ4v) is 2.43. The summed E-state index contributed by atoms with van der Waals surface area (Å²) in [6, 6.07) is 9.08. The molecule has 130 valence electrons. The third kappa shape index (κ3) is 3.47. The van der Waals surface area contributed by atoms with Gasteiger partial charge in [-0.25, -0.2) is 14.8 Å². The van der Waals surface area contributed by atoms with Crippen LogP contribution in [0.25, 0.3) is 0 Å². The first-order chi connectivity index (χ1) is 12.1. The summed E-state index contributed by atoms with van der Waals surface area (Å²) in [6.07, 6.45) is -0.608. The number of anilines is 2. The van der Waals surface area contributed by atoms with Crippen molar-refractivity contribution in [3.63, 3.8) is 0 Å². The van der Waals surface area contributed by atoms with Gasteiger partial charge in [0.15, 0.2) is 11.6 Å². The summed E-state index contributed by atoms with van der Waals surface area (Å²) in [7, 11) is 1.60. The fourth-order valence-electron chi connectivity index (χ4n) is 2.43. The van der Waals surface area contributed by atoms with E-state index in [4.69, 9.17) is 19.9 Å². The minimum absolute atomic E-state index is 0.149. The smallest absolute Gasteiger partial charge is 0.412 e. The lowest BCUT2D eigenvalue weighted by molar-refractivity contribution is 0.168. The zero-order chi connectivity index (χ0) is 17.8. The molecule has 0 bridgehead atoms. The van der Waals surface area contributed by atoms with Crippen molar-refractivity contribution in [2.24, 2.45) is 4.99 Å². The van der Waals surface area contributed by atoms with E-state index in [1.165, 1.54) is 0 Å². The Labute approximate surface area is 144 Å². The Kier molecular flexibility index (Phi) is 4.69. The fraction of sp³-hybridized carbons (Fsp3) is 0.235. The zero-order valence-corrected chi connectivity index (χ0v) is 13.9. The van der Waals surface area contributed by atoms with Gasteiger partial charge in [0, 0.05) is 11.6 Å². The van der Waals surface area contributed by atoms with Gasteiger partial charge in [-0.05, 0) is 19.1 Å². The minimum atomic E-state index is -0.608. The summed E-state index contributed by atoms with van der Waals surface area (Å²) in [6.45, 7) is 2.22. The van der Waals surface area contributed by atoms with Gasteiger partial charge < -0.3 is 19.9 Å². The van der Waals surface area contributed by atoms with E-state index in [2.05, 4.69) is 15.3 Å². The number of methoxy groups -OCH3 is 1. The Morgan fingerprint density at radius 1 is 1.40 bits per heavy atom. The van der Waals surface area contributed by atoms with E-state index in [1.807, 2.05) is 24.3 Å². The molecule has 0 aliphatic carbocycles. The first-order valence-corrected chi connectivity index (χ1v) is 7.70. The molecule has 3 N–H and O–H groups in total. The van der Waals surface area contributed by atoms with Gasteiger partial charge in [0.1, 0.15) is 23.9 Å². The van der Waals surface area contributed by atoms with Crippen molar-refractivity contribution in [2.45, 2.75) is 6.92 Å². The molecule has 3 rings (SSSR count). The van der Waals surface area contributed by atoms with Crippen LogP contribution in [-0.4, -0.2) is 37.1 Å². The second-order valence-corrected chi connectivity index (χ2v) is 5.13. The number of aromatic nitrogens is 1. The second-order valence-electron chi connectivity index (χ2n) is 5.13. The van der Waals surface area contributed by atoms with Crippen molar-refractivity contribution in [2.75, 3.05) is 31.4 Å². The van der Waals surface area contributed by atoms with Gasteiger partial charge in [-0.1, -0.05) is 12.1 Å². The van der Waals surface area contributed by atoms with Gasteiger partial charge in [0.2, 0.25) is 0 Å². The number of aliphatic imine (C=N–C) groups is 1. The number of pyridine rings is 1. The Hall–Kier alpha value is -3.29. The van der Waals surface area contributed by atoms with Gasteiger partial charge in [-0.2, -0.15) is 0 Å². The quantitative estimate of drug-likeness (QED) is 0.884. The molecule has 0 unspecified atom stereocenters. The van der Waals surface area contributed by atoms with Crippen molar-refractivity contribution in [3.8, 4) is 11.5 Å². The number of nitrogens with zero attached hydrogens (tertiary/aromatic N) is 2. The molecule has 2 aromatic rings. The molecule has 8 nitrogen and oxygen atoms in total. The molecule has 0 atom stereocenters. The third-order valence-electron chi connectivity index (χ3n) is 3.52. The number of carbonyl (C=O) groups excluding carboxylic acids is 1. The summed E-state index contributed by atoms with van der Waals surface area (Å²) in [5, 5.41) is 2.49. The highest BCUT2D eigenvalue weighted by molar-refractivity contribution is 6.07. The molecule has 25 heavy (non-hydrogen) atoms. The molecular weight excluding hydrogens is 324 g/mol. The Morgan fingerprint density at radius 2 is 2.20 bits per heavy atom. The second kappa shape index (κ2) is 7.08. The average molecular weight is 342 g/mol. The van der Waals surface area contributed by atoms with Crippen molar-refractivity contribution in [1.29, 1.82) is 0 Å². The zero-order valence-electron chi connectivity index (χ0n) is 13.9. The van der Waals surface area contributed by atoms with E-state index in [0.29, 0.717) is 22.9 Å². The van der Waals surface area contributed by atoms with Gasteiger partial charge in [-0.3, -0.25) is 5.32 Å². The molecular formula is C17H18N4O4. The molecule has 0 saturated carbocycles. The molecule has 1 aliphatic heterocycles. The maximum absolute atomic E-state index is 11.5. The van der Waals surface area contributed by atoms with E-state index >= 15 is 0 Å². The number of amides is 1. The Morgan fingerprint density at radius 3 is 2.96 bits per heavy atom. The molecule has 0 radical (unpaired) electrons. The molecule has 1 aromatic carbocycles. The van der Waals surface area contributed by atoms with Crippen LogP contribution in [0.5, 0.6) is 11.5 Å². The van der Waals surface area contributed by atoms with Crippen molar-refractivity contribution in [1.82, 2.24) is 4.98 Å². The number of fused-ring (bicyclic) bond motifs is 1. The number of nitrogens with two attached hydrogens (primary N) is 1. The summed E-state index contributed by atoms with van der Waals surface area (Å²) in [5.41, 5.74) is 7.91. The number of hydrogen-bond acceptors (Lipinski definition) is 7. The number of carbonyl (C=O) groups is 1. The highest BCUT2D eigenvalue weighted by Gasteiger charge is 2.21. The van der Waals surface area contributed by atoms with E-state index in [1.54, 1.807) is 20.1 Å². The monoisotopic (exact) mass is 342 g/mol. The van der Waals surface area contributed by atoms with Crippen molar-refractivity contribution < 1.29 is 19.0 Å². The topological polar surface area (TPSA) is 108 Å². The van der Waals surface area contributed by atoms with Gasteiger partial charge in [-0.15, -0.1) is 0 Å². The summed E-state index contributed by atoms with van der Waals surface area (Å²) >= 11 is 0. The van der Waals surface area contributed by atoms with Crippen molar-refractivity contribution in [3.05, 3.63) is 35.9 Å². The number of nitrogens with one attached hydrogen (secondary N) is 1. The van der Waals surface area contributed by atoms with Gasteiger partial charge >= 0.3 is 6.09 Å². The SMILES string of the molecule is CCOC(=O)Nc1cc2c(c(N)n1)N=C(c1ccccc1OC)CO2. The number of nitrogen functional groups attached to an aromatic ring is 1. The van der Waals surface area contributed by atoms with E-state index in [9.17, 15) is 4.79 Å². The molecule has 1 aromatic heterocycles. The summed E-state index contributed by atoms with van der Waals surface area (Å²) in [5.74, 6) is 1.53. The van der Waals surface area contributed by atoms with Crippen LogP contribution in [0.1, 0.15) is 12.5 Å². The number of ether oxygens (including phenoxy) is 3. The number of rotatable bonds is 4. The molecule has 0 saturated heterocycles. The minimum Gasteiger partial charge on any atom is -0.496 e. The van der Waals surface area contributed by atoms with Crippen molar-refractivity contribution >= 4 is 29.1 Å². The van der Waals surface area contributed by atoms with Gasteiger partial charge in [0.05, 0.1) is 19.4 Å². The maximum Gasteiger partial charge on any atom is 0.412 e. The van der Waals surface area contributed by atoms with E-state index in [-0.39, 0.29) is 24.8 Å². The van der Waals surface area contributed by atoms with Gasteiger partial charge in [0.25, 0.3) is 0 Å². The van der Waals surface area contributed by atoms with Crippen LogP contribution in [0.2, 0.25) is 0 Å². The normalized spacial score (nSPS) is 12.5. The standard InChI is InChI=1S/C17H18N4O4/c1-3-24-17(22)21-14-8-13-15(16(18)20-14)19-11(9-25-13)10-6-4-5-7-12(10)23-2/h4-8H,3,9H2,1-2H3,(H3,18,20,21,22). The lowest BCUT2D eigenvalue weighted by Crippen LogP contribution is -2.19. The van der Waals surface area contributed by atoms with Crippen LogP contribution in [0.3, 0.4) is 0 Å².